The van der Waals surface area contributed by atoms with Gasteiger partial charge in [0, 0.05) is 23.7 Å². The summed E-state index contributed by atoms with van der Waals surface area (Å²) in [5.74, 6) is 0.515. The second-order valence-electron chi connectivity index (χ2n) is 5.88. The van der Waals surface area contributed by atoms with Crippen molar-refractivity contribution in [3.05, 3.63) is 76.1 Å². The van der Waals surface area contributed by atoms with Crippen molar-refractivity contribution in [3.63, 3.8) is 0 Å². The minimum Gasteiger partial charge on any atom is -0.497 e. The monoisotopic (exact) mass is 336 g/mol. The molecule has 25 heavy (non-hydrogen) atoms. The SMILES string of the molecule is COc1ccc2c(c1)c(=O)cc(C)n2CC(=O)NCc1ccccc1. The molecule has 0 aliphatic rings. The summed E-state index contributed by atoms with van der Waals surface area (Å²) in [5.41, 5.74) is 2.44. The van der Waals surface area contributed by atoms with Gasteiger partial charge in [-0.25, -0.2) is 0 Å². The maximum Gasteiger partial charge on any atom is 0.240 e. The largest absolute Gasteiger partial charge is 0.497 e. The van der Waals surface area contributed by atoms with Gasteiger partial charge in [-0.05, 0) is 30.7 Å². The van der Waals surface area contributed by atoms with Crippen LogP contribution in [0.4, 0.5) is 0 Å². The number of benzene rings is 2. The third kappa shape index (κ3) is 3.71. The Kier molecular flexibility index (Phi) is 4.84. The summed E-state index contributed by atoms with van der Waals surface area (Å²) < 4.78 is 7.03. The molecular weight excluding hydrogens is 316 g/mol. The van der Waals surface area contributed by atoms with E-state index in [1.807, 2.05) is 47.9 Å². The Morgan fingerprint density at radius 2 is 1.88 bits per heavy atom. The van der Waals surface area contributed by atoms with Crippen LogP contribution in [0.3, 0.4) is 0 Å². The lowest BCUT2D eigenvalue weighted by molar-refractivity contribution is -0.121. The van der Waals surface area contributed by atoms with Crippen molar-refractivity contribution >= 4 is 16.8 Å². The highest BCUT2D eigenvalue weighted by Gasteiger charge is 2.11. The zero-order valence-electron chi connectivity index (χ0n) is 14.3. The van der Waals surface area contributed by atoms with Crippen LogP contribution in [0, 0.1) is 6.92 Å². The average molecular weight is 336 g/mol. The molecular formula is C20H20N2O3. The van der Waals surface area contributed by atoms with Gasteiger partial charge in [0.05, 0.1) is 12.6 Å². The predicted molar refractivity (Wildman–Crippen MR) is 97.8 cm³/mol. The zero-order chi connectivity index (χ0) is 17.8. The predicted octanol–water partition coefficient (Wildman–Crippen LogP) is 2.63. The van der Waals surface area contributed by atoms with Gasteiger partial charge in [-0.1, -0.05) is 30.3 Å². The fourth-order valence-corrected chi connectivity index (χ4v) is 2.82. The normalized spacial score (nSPS) is 10.6. The molecule has 0 radical (unpaired) electrons. The van der Waals surface area contributed by atoms with E-state index in [1.54, 1.807) is 25.3 Å². The van der Waals surface area contributed by atoms with Gasteiger partial charge >= 0.3 is 0 Å². The number of nitrogens with one attached hydrogen (secondary N) is 1. The Bertz CT molecular complexity index is 962. The number of ether oxygens (including phenoxy) is 1. The van der Waals surface area contributed by atoms with E-state index < -0.39 is 0 Å². The molecule has 1 aromatic heterocycles. The summed E-state index contributed by atoms with van der Waals surface area (Å²) in [6.45, 7) is 2.46. The molecule has 1 N–H and O–H groups in total. The highest BCUT2D eigenvalue weighted by atomic mass is 16.5. The molecule has 2 aromatic carbocycles. The lowest BCUT2D eigenvalue weighted by Crippen LogP contribution is -2.28. The van der Waals surface area contributed by atoms with Crippen molar-refractivity contribution < 1.29 is 9.53 Å². The van der Waals surface area contributed by atoms with Crippen LogP contribution < -0.4 is 15.5 Å². The second-order valence-corrected chi connectivity index (χ2v) is 5.88. The maximum absolute atomic E-state index is 12.4. The van der Waals surface area contributed by atoms with Crippen molar-refractivity contribution in [2.45, 2.75) is 20.0 Å². The molecule has 5 heteroatoms. The number of carbonyl (C=O) groups excluding carboxylic acids is 1. The first-order valence-corrected chi connectivity index (χ1v) is 8.07. The van der Waals surface area contributed by atoms with Gasteiger partial charge in [-0.2, -0.15) is 0 Å². The zero-order valence-corrected chi connectivity index (χ0v) is 14.3. The number of hydrogen-bond acceptors (Lipinski definition) is 3. The fraction of sp³-hybridized carbons (Fsp3) is 0.200. The van der Waals surface area contributed by atoms with E-state index >= 15 is 0 Å². The van der Waals surface area contributed by atoms with Crippen molar-refractivity contribution in [3.8, 4) is 5.75 Å². The number of fused-ring (bicyclic) bond motifs is 1. The Morgan fingerprint density at radius 3 is 2.60 bits per heavy atom. The third-order valence-corrected chi connectivity index (χ3v) is 4.16. The molecule has 0 fully saturated rings. The van der Waals surface area contributed by atoms with E-state index in [4.69, 9.17) is 4.74 Å². The van der Waals surface area contributed by atoms with E-state index in [0.717, 1.165) is 16.8 Å². The van der Waals surface area contributed by atoms with Crippen LogP contribution in [0.1, 0.15) is 11.3 Å². The van der Waals surface area contributed by atoms with Crippen LogP contribution in [0.5, 0.6) is 5.75 Å². The highest BCUT2D eigenvalue weighted by molar-refractivity contribution is 5.83. The van der Waals surface area contributed by atoms with Crippen LogP contribution in [0.25, 0.3) is 10.9 Å². The molecule has 1 heterocycles. The molecule has 3 aromatic rings. The summed E-state index contributed by atoms with van der Waals surface area (Å²) in [6.07, 6.45) is 0. The molecule has 0 aliphatic heterocycles. The smallest absolute Gasteiger partial charge is 0.240 e. The van der Waals surface area contributed by atoms with Gasteiger partial charge in [0.25, 0.3) is 0 Å². The Labute approximate surface area is 145 Å². The Hall–Kier alpha value is -3.08. The van der Waals surface area contributed by atoms with Crippen LogP contribution in [0.15, 0.2) is 59.4 Å². The number of nitrogens with zero attached hydrogens (tertiary/aromatic N) is 1. The third-order valence-electron chi connectivity index (χ3n) is 4.16. The summed E-state index contributed by atoms with van der Waals surface area (Å²) >= 11 is 0. The van der Waals surface area contributed by atoms with Crippen LogP contribution in [0.2, 0.25) is 0 Å². The molecule has 5 nitrogen and oxygen atoms in total. The number of rotatable bonds is 5. The van der Waals surface area contributed by atoms with Crippen molar-refractivity contribution in [1.82, 2.24) is 9.88 Å². The standard InChI is InChI=1S/C20H20N2O3/c1-14-10-19(23)17-11-16(25-2)8-9-18(17)22(14)13-20(24)21-12-15-6-4-3-5-7-15/h3-11H,12-13H2,1-2H3,(H,21,24). The van der Waals surface area contributed by atoms with Gasteiger partial charge in [0.1, 0.15) is 12.3 Å². The average Bonchev–Trinajstić information content (AvgIpc) is 2.64. The number of pyridine rings is 1. The van der Waals surface area contributed by atoms with E-state index in [0.29, 0.717) is 17.7 Å². The number of methoxy groups -OCH3 is 1. The number of carbonyl (C=O) groups is 1. The van der Waals surface area contributed by atoms with Gasteiger partial charge < -0.3 is 14.6 Å². The van der Waals surface area contributed by atoms with E-state index in [-0.39, 0.29) is 17.9 Å². The van der Waals surface area contributed by atoms with Crippen LogP contribution in [-0.2, 0) is 17.9 Å². The molecule has 0 atom stereocenters. The molecule has 0 unspecified atom stereocenters. The molecule has 0 spiro atoms. The first kappa shape index (κ1) is 16.8. The quantitative estimate of drug-likeness (QED) is 0.779. The second kappa shape index (κ2) is 7.21. The lowest BCUT2D eigenvalue weighted by atomic mass is 10.1. The lowest BCUT2D eigenvalue weighted by Gasteiger charge is -2.15. The summed E-state index contributed by atoms with van der Waals surface area (Å²) in [4.78, 5) is 24.6. The van der Waals surface area contributed by atoms with Gasteiger partial charge in [-0.15, -0.1) is 0 Å². The van der Waals surface area contributed by atoms with Crippen molar-refractivity contribution in [2.24, 2.45) is 0 Å². The fourth-order valence-electron chi connectivity index (χ4n) is 2.82. The number of hydrogen-bond donors (Lipinski definition) is 1. The minimum atomic E-state index is -0.104. The molecule has 0 aliphatic carbocycles. The van der Waals surface area contributed by atoms with Crippen LogP contribution in [-0.4, -0.2) is 17.6 Å². The first-order valence-electron chi connectivity index (χ1n) is 8.07. The van der Waals surface area contributed by atoms with E-state index in [1.165, 1.54) is 0 Å². The minimum absolute atomic E-state index is 0.0765. The summed E-state index contributed by atoms with van der Waals surface area (Å²) in [5, 5.41) is 3.46. The summed E-state index contributed by atoms with van der Waals surface area (Å²) in [6, 6.07) is 16.6. The van der Waals surface area contributed by atoms with E-state index in [2.05, 4.69) is 5.32 Å². The Morgan fingerprint density at radius 1 is 1.12 bits per heavy atom. The van der Waals surface area contributed by atoms with Crippen LogP contribution >= 0.6 is 0 Å². The molecule has 128 valence electrons. The number of aromatic nitrogens is 1. The van der Waals surface area contributed by atoms with Gasteiger partial charge in [0.15, 0.2) is 5.43 Å². The van der Waals surface area contributed by atoms with E-state index in [9.17, 15) is 9.59 Å². The topological polar surface area (TPSA) is 60.3 Å². The molecule has 0 saturated carbocycles. The molecule has 0 saturated heterocycles. The number of aryl methyl sites for hydroxylation is 1. The maximum atomic E-state index is 12.4. The Balaban J connectivity index is 1.85. The first-order chi connectivity index (χ1) is 12.1. The highest BCUT2D eigenvalue weighted by Crippen LogP contribution is 2.19. The number of amides is 1. The van der Waals surface area contributed by atoms with Crippen molar-refractivity contribution in [2.75, 3.05) is 7.11 Å². The van der Waals surface area contributed by atoms with Gasteiger partial charge in [-0.3, -0.25) is 9.59 Å². The summed E-state index contributed by atoms with van der Waals surface area (Å²) in [7, 11) is 1.56. The molecule has 0 bridgehead atoms. The van der Waals surface area contributed by atoms with Gasteiger partial charge in [0.2, 0.25) is 5.91 Å². The molecule has 3 rings (SSSR count). The van der Waals surface area contributed by atoms with Crippen molar-refractivity contribution in [1.29, 1.82) is 0 Å². The molecule has 1 amide bonds.